The second-order valence-corrected chi connectivity index (χ2v) is 5.10. The lowest BCUT2D eigenvalue weighted by Gasteiger charge is -2.33. The molecule has 0 bridgehead atoms. The highest BCUT2D eigenvalue weighted by atomic mass is 35.5. The molecule has 1 saturated heterocycles. The van der Waals surface area contributed by atoms with E-state index in [0.29, 0.717) is 0 Å². The molecule has 1 aliphatic heterocycles. The van der Waals surface area contributed by atoms with Crippen LogP contribution in [-0.4, -0.2) is 42.5 Å². The normalized spacial score (nSPS) is 40.2. The van der Waals surface area contributed by atoms with Crippen molar-refractivity contribution in [2.75, 3.05) is 37.9 Å². The van der Waals surface area contributed by atoms with Gasteiger partial charge in [-0.1, -0.05) is 0 Å². The van der Waals surface area contributed by atoms with Crippen molar-refractivity contribution in [3.63, 3.8) is 0 Å². The molecule has 0 saturated carbocycles. The molecule has 0 amide bonds. The molecule has 0 aromatic carbocycles. The average Bonchev–Trinajstić information content (AvgIpc) is 2.09. The van der Waals surface area contributed by atoms with E-state index in [9.17, 15) is 4.57 Å². The van der Waals surface area contributed by atoms with Gasteiger partial charge in [-0.15, -0.1) is 23.2 Å². The zero-order valence-corrected chi connectivity index (χ0v) is 9.70. The third-order valence-corrected chi connectivity index (χ3v) is 3.81. The van der Waals surface area contributed by atoms with E-state index in [1.807, 2.05) is 0 Å². The molecule has 0 aliphatic carbocycles. The lowest BCUT2D eigenvalue weighted by Crippen LogP contribution is -2.35. The fourth-order valence-electron chi connectivity index (χ4n) is 0.941. The number of rotatable bonds is 5. The van der Waals surface area contributed by atoms with Gasteiger partial charge in [0, 0.05) is 39.5 Å². The van der Waals surface area contributed by atoms with Crippen molar-refractivity contribution in [1.82, 2.24) is 9.76 Å². The molecule has 0 spiro atoms. The molecule has 84 valence electrons. The van der Waals surface area contributed by atoms with Crippen molar-refractivity contribution < 1.29 is 17.3 Å². The molecule has 1 rings (SSSR count). The first-order valence-corrected chi connectivity index (χ1v) is 6.23. The Labute approximate surface area is 103 Å². The van der Waals surface area contributed by atoms with Crippen LogP contribution in [0, 0.1) is 0 Å². The van der Waals surface area contributed by atoms with Crippen LogP contribution >= 0.6 is 30.9 Å². The van der Waals surface area contributed by atoms with Crippen molar-refractivity contribution in [1.29, 1.82) is 0 Å². The van der Waals surface area contributed by atoms with Crippen LogP contribution in [0.1, 0.15) is 14.6 Å². The van der Waals surface area contributed by atoms with Crippen LogP contribution in [0.5, 0.6) is 0 Å². The van der Waals surface area contributed by atoms with Crippen molar-refractivity contribution in [3.05, 3.63) is 0 Å². The van der Waals surface area contributed by atoms with E-state index < -0.39 is 38.9 Å². The van der Waals surface area contributed by atoms with Crippen molar-refractivity contribution in [2.24, 2.45) is 0 Å². The summed E-state index contributed by atoms with van der Waals surface area (Å²) in [4.78, 5) is 0. The van der Waals surface area contributed by atoms with E-state index in [0.717, 1.165) is 4.67 Å². The van der Waals surface area contributed by atoms with Gasteiger partial charge in [-0.2, -0.15) is 0 Å². The largest absolute Gasteiger partial charge is 0.343 e. The van der Waals surface area contributed by atoms with Gasteiger partial charge in [0.05, 0.1) is 6.61 Å². The minimum absolute atomic E-state index is 0.0354. The lowest BCUT2D eigenvalue weighted by molar-refractivity contribution is 0.233. The highest BCUT2D eigenvalue weighted by Gasteiger charge is 2.32. The molecule has 1 heterocycles. The second kappa shape index (κ2) is 6.31. The first-order valence-electron chi connectivity index (χ1n) is 6.90. The minimum Gasteiger partial charge on any atom is -0.306 e. The van der Waals surface area contributed by atoms with Crippen molar-refractivity contribution in [2.45, 2.75) is 6.42 Å². The second-order valence-electron chi connectivity index (χ2n) is 2.48. The van der Waals surface area contributed by atoms with Gasteiger partial charge < -0.3 is 4.52 Å². The first kappa shape index (κ1) is 6.43. The topological polar surface area (TPSA) is 41.6 Å². The number of hydrogen-bond donors (Lipinski definition) is 1. The summed E-state index contributed by atoms with van der Waals surface area (Å²) in [5.41, 5.74) is 0. The Balaban J connectivity index is 2.99. The standard InChI is InChI=1S/C7H15Cl2N2O2P/c8-2-5-11(6-3-9)14(12)10-4-1-7-13-14/h1-7H2,(H,10,12)/i2D2,3D2,4D2. The van der Waals surface area contributed by atoms with E-state index >= 15 is 0 Å². The molecule has 1 unspecified atom stereocenters. The number of nitrogens with zero attached hydrogens (tertiary/aromatic N) is 1. The quantitative estimate of drug-likeness (QED) is 0.610. The Morgan fingerprint density at radius 2 is 2.21 bits per heavy atom. The van der Waals surface area contributed by atoms with E-state index in [-0.39, 0.29) is 13.0 Å². The molecule has 4 nitrogen and oxygen atoms in total. The SMILES string of the molecule is [2H]C([2H])(Cl)CN(CC([2H])([2H])Cl)P1(=O)NC([2H])([2H])CCO1. The summed E-state index contributed by atoms with van der Waals surface area (Å²) in [5, 5.41) is 2.16. The summed E-state index contributed by atoms with van der Waals surface area (Å²) >= 11 is 10.9. The molecule has 1 N–H and O–H groups in total. The van der Waals surface area contributed by atoms with Crippen molar-refractivity contribution in [3.8, 4) is 0 Å². The van der Waals surface area contributed by atoms with Gasteiger partial charge in [-0.05, 0) is 6.42 Å². The van der Waals surface area contributed by atoms with Crippen LogP contribution in [0.2, 0.25) is 0 Å². The molecule has 0 radical (unpaired) electrons. The number of halogens is 2. The van der Waals surface area contributed by atoms with Gasteiger partial charge in [0.2, 0.25) is 0 Å². The van der Waals surface area contributed by atoms with Crippen LogP contribution in [0.25, 0.3) is 0 Å². The molecule has 7 heteroatoms. The molecule has 1 fully saturated rings. The Hall–Kier alpha value is 0.690. The Bertz CT molecular complexity index is 386. The summed E-state index contributed by atoms with van der Waals surface area (Å²) in [6, 6.07) is 0. The fourth-order valence-corrected chi connectivity index (χ4v) is 2.93. The highest BCUT2D eigenvalue weighted by molar-refractivity contribution is 7.54. The monoisotopic (exact) mass is 266 g/mol. The maximum absolute atomic E-state index is 12.6. The summed E-state index contributed by atoms with van der Waals surface area (Å²) in [7, 11) is -3.98. The Morgan fingerprint density at radius 3 is 2.71 bits per heavy atom. The van der Waals surface area contributed by atoms with E-state index in [2.05, 4.69) is 5.09 Å². The van der Waals surface area contributed by atoms with Gasteiger partial charge in [-0.3, -0.25) is 4.57 Å². The molecular formula is C7H15Cl2N2O2P. The minimum atomic E-state index is -3.98. The van der Waals surface area contributed by atoms with E-state index in [4.69, 9.17) is 36.0 Å². The Morgan fingerprint density at radius 1 is 1.57 bits per heavy atom. The molecular weight excluding hydrogens is 246 g/mol. The van der Waals surface area contributed by atoms with Gasteiger partial charge >= 0.3 is 7.67 Å². The Kier molecular flexibility index (Phi) is 2.90. The number of alkyl halides is 2. The summed E-state index contributed by atoms with van der Waals surface area (Å²) in [6.07, 6.45) is -0.0354. The van der Waals surface area contributed by atoms with E-state index in [1.165, 1.54) is 0 Å². The number of nitrogens with one attached hydrogen (secondary N) is 1. The molecule has 14 heavy (non-hydrogen) atoms. The molecule has 1 aliphatic rings. The number of hydrogen-bond acceptors (Lipinski definition) is 2. The van der Waals surface area contributed by atoms with Gasteiger partial charge in [0.15, 0.2) is 0 Å². The molecule has 1 atom stereocenters. The third-order valence-electron chi connectivity index (χ3n) is 1.57. The summed E-state index contributed by atoms with van der Waals surface area (Å²) < 4.78 is 62.7. The predicted molar refractivity (Wildman–Crippen MR) is 59.2 cm³/mol. The first-order chi connectivity index (χ1) is 8.73. The summed E-state index contributed by atoms with van der Waals surface area (Å²) in [5.74, 6) is -4.59. The summed E-state index contributed by atoms with van der Waals surface area (Å²) in [6.45, 7) is -3.39. The predicted octanol–water partition coefficient (Wildman–Crippen LogP) is 1.88. The fraction of sp³-hybridized carbons (Fsp3) is 1.00. The highest BCUT2D eigenvalue weighted by Crippen LogP contribution is 2.47. The third kappa shape index (κ3) is 3.37. The van der Waals surface area contributed by atoms with Crippen LogP contribution < -0.4 is 5.09 Å². The zero-order valence-electron chi connectivity index (χ0n) is 13.3. The molecule has 0 aromatic rings. The van der Waals surface area contributed by atoms with Gasteiger partial charge in [0.1, 0.15) is 0 Å². The van der Waals surface area contributed by atoms with Crippen LogP contribution in [-0.2, 0) is 9.09 Å². The average molecular weight is 267 g/mol. The van der Waals surface area contributed by atoms with E-state index in [1.54, 1.807) is 0 Å². The van der Waals surface area contributed by atoms with Gasteiger partial charge in [-0.25, -0.2) is 9.76 Å². The maximum atomic E-state index is 12.6. The van der Waals surface area contributed by atoms with Crippen LogP contribution in [0.15, 0.2) is 0 Å². The van der Waals surface area contributed by atoms with Crippen molar-refractivity contribution >= 4 is 30.9 Å². The smallest absolute Gasteiger partial charge is 0.306 e. The zero-order chi connectivity index (χ0) is 15.8. The van der Waals surface area contributed by atoms with Crippen LogP contribution in [0.4, 0.5) is 0 Å². The van der Waals surface area contributed by atoms with Gasteiger partial charge in [0.25, 0.3) is 0 Å². The molecule has 0 aromatic heterocycles. The van der Waals surface area contributed by atoms with Crippen LogP contribution in [0.3, 0.4) is 0 Å². The lowest BCUT2D eigenvalue weighted by atomic mass is 10.5. The maximum Gasteiger partial charge on any atom is 0.343 e.